The van der Waals surface area contributed by atoms with Gasteiger partial charge in [0.1, 0.15) is 10.7 Å². The van der Waals surface area contributed by atoms with Crippen LogP contribution in [0.25, 0.3) is 21.3 Å². The quantitative estimate of drug-likeness (QED) is 0.744. The number of aryl methyl sites for hydroxylation is 1. The molecular weight excluding hydrogens is 324 g/mol. The van der Waals surface area contributed by atoms with Gasteiger partial charge in [0.15, 0.2) is 0 Å². The zero-order chi connectivity index (χ0) is 13.2. The van der Waals surface area contributed by atoms with Crippen molar-refractivity contribution in [2.24, 2.45) is 0 Å². The van der Waals surface area contributed by atoms with Gasteiger partial charge in [-0.05, 0) is 5.56 Å². The molecule has 0 saturated carbocycles. The number of benzene rings is 1. The molecule has 3 aromatic rings. The maximum Gasteiger partial charge on any atom is 0.260 e. The molecule has 0 aliphatic heterocycles. The Labute approximate surface area is 122 Å². The Hall–Kier alpha value is -1.46. The highest BCUT2D eigenvalue weighted by molar-refractivity contribution is 9.09. The first-order valence-corrected chi connectivity index (χ1v) is 7.91. The molecule has 1 aromatic carbocycles. The molecule has 0 atom stereocenters. The molecule has 19 heavy (non-hydrogen) atoms. The van der Waals surface area contributed by atoms with Gasteiger partial charge in [0.2, 0.25) is 0 Å². The fourth-order valence-corrected chi connectivity index (χ4v) is 3.37. The minimum Gasteiger partial charge on any atom is -0.310 e. The maximum atomic E-state index is 12.2. The third-order valence-electron chi connectivity index (χ3n) is 2.91. The van der Waals surface area contributed by atoms with Crippen LogP contribution in [0.2, 0.25) is 0 Å². The van der Waals surface area contributed by atoms with Gasteiger partial charge in [-0.3, -0.25) is 4.79 Å². The Morgan fingerprint density at radius 1 is 1.26 bits per heavy atom. The molecule has 96 valence electrons. The number of hydrogen-bond acceptors (Lipinski definition) is 3. The molecule has 2 aromatic heterocycles. The van der Waals surface area contributed by atoms with Crippen molar-refractivity contribution in [2.75, 3.05) is 5.33 Å². The maximum absolute atomic E-state index is 12.2. The number of thiophene rings is 1. The van der Waals surface area contributed by atoms with E-state index in [4.69, 9.17) is 0 Å². The normalized spacial score (nSPS) is 11.0. The minimum absolute atomic E-state index is 0.0546. The van der Waals surface area contributed by atoms with E-state index in [0.29, 0.717) is 5.39 Å². The molecule has 0 aliphatic carbocycles. The van der Waals surface area contributed by atoms with E-state index in [-0.39, 0.29) is 5.56 Å². The third-order valence-corrected chi connectivity index (χ3v) is 4.18. The second-order valence-electron chi connectivity index (χ2n) is 4.15. The number of nitrogens with zero attached hydrogens (tertiary/aromatic N) is 1. The smallest absolute Gasteiger partial charge is 0.260 e. The van der Waals surface area contributed by atoms with Crippen molar-refractivity contribution in [2.45, 2.75) is 6.42 Å². The average Bonchev–Trinajstić information content (AvgIpc) is 2.84. The number of fused-ring (bicyclic) bond motifs is 1. The Kier molecular flexibility index (Phi) is 3.48. The lowest BCUT2D eigenvalue weighted by atomic mass is 10.1. The first kappa shape index (κ1) is 12.6. The highest BCUT2D eigenvalue weighted by Crippen LogP contribution is 2.30. The number of rotatable bonds is 3. The molecule has 0 fully saturated rings. The molecule has 5 heteroatoms. The first-order chi connectivity index (χ1) is 9.29. The first-order valence-electron chi connectivity index (χ1n) is 5.91. The second-order valence-corrected chi connectivity index (χ2v) is 5.80. The van der Waals surface area contributed by atoms with E-state index in [1.807, 2.05) is 35.7 Å². The molecule has 0 bridgehead atoms. The number of nitrogens with one attached hydrogen (secondary N) is 1. The van der Waals surface area contributed by atoms with E-state index in [9.17, 15) is 4.79 Å². The van der Waals surface area contributed by atoms with Gasteiger partial charge in [0.05, 0.1) is 5.39 Å². The molecule has 0 amide bonds. The van der Waals surface area contributed by atoms with Gasteiger partial charge >= 0.3 is 0 Å². The fourth-order valence-electron chi connectivity index (χ4n) is 2.03. The van der Waals surface area contributed by atoms with Gasteiger partial charge in [-0.25, -0.2) is 4.98 Å². The number of H-pyrrole nitrogens is 1. The van der Waals surface area contributed by atoms with Crippen molar-refractivity contribution >= 4 is 37.5 Å². The van der Waals surface area contributed by atoms with Gasteiger partial charge in [0.25, 0.3) is 5.56 Å². The lowest BCUT2D eigenvalue weighted by Gasteiger charge is -2.00. The van der Waals surface area contributed by atoms with Crippen molar-refractivity contribution in [3.8, 4) is 11.1 Å². The molecule has 0 radical (unpaired) electrons. The Morgan fingerprint density at radius 3 is 2.79 bits per heavy atom. The fraction of sp³-hybridized carbons (Fsp3) is 0.143. The van der Waals surface area contributed by atoms with E-state index < -0.39 is 0 Å². The molecule has 0 unspecified atom stereocenters. The summed E-state index contributed by atoms with van der Waals surface area (Å²) in [4.78, 5) is 20.4. The summed E-state index contributed by atoms with van der Waals surface area (Å²) in [6.45, 7) is 0. The predicted octanol–water partition coefficient (Wildman–Crippen LogP) is 3.59. The van der Waals surface area contributed by atoms with Crippen LogP contribution in [0.4, 0.5) is 0 Å². The molecular formula is C14H11BrN2OS. The third kappa shape index (κ3) is 2.35. The van der Waals surface area contributed by atoms with E-state index in [0.717, 1.165) is 33.5 Å². The summed E-state index contributed by atoms with van der Waals surface area (Å²) in [6, 6.07) is 9.93. The largest absolute Gasteiger partial charge is 0.310 e. The zero-order valence-corrected chi connectivity index (χ0v) is 12.4. The number of hydrogen-bond donors (Lipinski definition) is 1. The molecule has 3 nitrogen and oxygen atoms in total. The summed E-state index contributed by atoms with van der Waals surface area (Å²) in [6.07, 6.45) is 0.726. The summed E-state index contributed by atoms with van der Waals surface area (Å²) in [5.74, 6) is 0.732. The summed E-state index contributed by atoms with van der Waals surface area (Å²) in [7, 11) is 0. The average molecular weight is 335 g/mol. The zero-order valence-electron chi connectivity index (χ0n) is 10.0. The molecule has 0 spiro atoms. The van der Waals surface area contributed by atoms with Crippen LogP contribution in [0.5, 0.6) is 0 Å². The highest BCUT2D eigenvalue weighted by atomic mass is 79.9. The van der Waals surface area contributed by atoms with E-state index in [2.05, 4.69) is 25.9 Å². The van der Waals surface area contributed by atoms with Crippen molar-refractivity contribution in [3.05, 3.63) is 51.9 Å². The minimum atomic E-state index is -0.0546. The van der Waals surface area contributed by atoms with E-state index in [1.165, 1.54) is 11.3 Å². The lowest BCUT2D eigenvalue weighted by molar-refractivity contribution is 0.960. The van der Waals surface area contributed by atoms with Crippen LogP contribution < -0.4 is 5.56 Å². The monoisotopic (exact) mass is 334 g/mol. The van der Waals surface area contributed by atoms with Gasteiger partial charge in [-0.15, -0.1) is 11.3 Å². The highest BCUT2D eigenvalue weighted by Gasteiger charge is 2.12. The number of alkyl halides is 1. The molecule has 0 aliphatic rings. The molecule has 3 rings (SSSR count). The molecule has 1 N–H and O–H groups in total. The van der Waals surface area contributed by atoms with Crippen molar-refractivity contribution in [1.82, 2.24) is 9.97 Å². The van der Waals surface area contributed by atoms with Crippen molar-refractivity contribution < 1.29 is 0 Å². The second kappa shape index (κ2) is 5.27. The Morgan fingerprint density at radius 2 is 2.05 bits per heavy atom. The van der Waals surface area contributed by atoms with Gasteiger partial charge in [0, 0.05) is 22.7 Å². The lowest BCUT2D eigenvalue weighted by Crippen LogP contribution is -2.11. The molecule has 0 saturated heterocycles. The summed E-state index contributed by atoms with van der Waals surface area (Å²) >= 11 is 4.87. The topological polar surface area (TPSA) is 45.8 Å². The number of aromatic amines is 1. The summed E-state index contributed by atoms with van der Waals surface area (Å²) < 4.78 is 0. The Bertz CT molecular complexity index is 764. The van der Waals surface area contributed by atoms with Gasteiger partial charge < -0.3 is 4.98 Å². The van der Waals surface area contributed by atoms with Crippen molar-refractivity contribution in [3.63, 3.8) is 0 Å². The van der Waals surface area contributed by atoms with Crippen LogP contribution in [-0.4, -0.2) is 15.3 Å². The number of aromatic nitrogens is 2. The van der Waals surface area contributed by atoms with Gasteiger partial charge in [-0.2, -0.15) is 0 Å². The van der Waals surface area contributed by atoms with Crippen LogP contribution >= 0.6 is 27.3 Å². The van der Waals surface area contributed by atoms with E-state index in [1.54, 1.807) is 0 Å². The van der Waals surface area contributed by atoms with E-state index >= 15 is 0 Å². The van der Waals surface area contributed by atoms with Crippen LogP contribution in [0.3, 0.4) is 0 Å². The predicted molar refractivity (Wildman–Crippen MR) is 83.2 cm³/mol. The summed E-state index contributed by atoms with van der Waals surface area (Å²) in [5, 5.41) is 3.48. The van der Waals surface area contributed by atoms with Crippen LogP contribution in [0.15, 0.2) is 40.5 Å². The van der Waals surface area contributed by atoms with Gasteiger partial charge in [-0.1, -0.05) is 46.3 Å². The van der Waals surface area contributed by atoms with Crippen LogP contribution in [-0.2, 0) is 6.42 Å². The molecule has 2 heterocycles. The van der Waals surface area contributed by atoms with Crippen LogP contribution in [0, 0.1) is 0 Å². The Balaban J connectivity index is 2.22. The van der Waals surface area contributed by atoms with Crippen molar-refractivity contribution in [1.29, 1.82) is 0 Å². The standard InChI is InChI=1S/C14H11BrN2OS/c15-7-6-11-16-13(18)12-10(8-19-14(12)17-11)9-4-2-1-3-5-9/h1-5,8H,6-7H2,(H,16,17,18). The van der Waals surface area contributed by atoms with Crippen LogP contribution in [0.1, 0.15) is 5.82 Å². The summed E-state index contributed by atoms with van der Waals surface area (Å²) in [5.41, 5.74) is 1.95. The number of halogens is 1. The SMILES string of the molecule is O=c1[nH]c(CCBr)nc2scc(-c3ccccc3)c12.